The van der Waals surface area contributed by atoms with Gasteiger partial charge in [0.2, 0.25) is 0 Å². The number of cyclic esters (lactones) is 4. The van der Waals surface area contributed by atoms with Crippen molar-refractivity contribution in [3.05, 3.63) is 125 Å². The van der Waals surface area contributed by atoms with Gasteiger partial charge < -0.3 is 18.9 Å². The lowest BCUT2D eigenvalue weighted by Gasteiger charge is -2.33. The smallest absolute Gasteiger partial charge is 0.321 e. The summed E-state index contributed by atoms with van der Waals surface area (Å²) in [6.07, 6.45) is 7.27. The molecule has 9 nitrogen and oxygen atoms in total. The maximum Gasteiger partial charge on any atom is 0.321 e. The first-order chi connectivity index (χ1) is 25.3. The molecule has 4 aromatic rings. The lowest BCUT2D eigenvalue weighted by molar-refractivity contribution is -0.155. The number of rotatable bonds is 14. The number of ether oxygens (including phenoxy) is 4. The molecule has 3 aliphatic rings. The molecular weight excluding hydrogens is 660 g/mol. The number of unbranched alkanes of at least 4 members (excludes halogenated alkanes) is 3. The van der Waals surface area contributed by atoms with Gasteiger partial charge in [-0.1, -0.05) is 78.9 Å². The van der Waals surface area contributed by atoms with Crippen molar-refractivity contribution in [2.24, 2.45) is 11.8 Å². The molecule has 2 aliphatic heterocycles. The Morgan fingerprint density at radius 1 is 0.635 bits per heavy atom. The minimum absolute atomic E-state index is 0.0250. The standard InChI is InChI=1S/C43H38O9/c44-38(30-8-4-3-5-9-30)21-12-27-10-13-28(14-11-27)29-15-17-31(18-16-29)49-22-6-1-2-7-23-50-32-19-20-33-34(36-26-39(45)51-41(36)46)25-37-40(35(33)24-32)43(48)52-42(37)47/h3-5,8-21,24,34,36-37,40H,1-2,6-7,22-23,25-26H2. The van der Waals surface area contributed by atoms with Crippen LogP contribution in [-0.2, 0) is 28.7 Å². The number of hydrogen-bond donors (Lipinski definition) is 0. The van der Waals surface area contributed by atoms with Crippen LogP contribution in [-0.4, -0.2) is 42.9 Å². The van der Waals surface area contributed by atoms with Crippen molar-refractivity contribution in [2.45, 2.75) is 50.4 Å². The average molecular weight is 699 g/mol. The Morgan fingerprint density at radius 3 is 1.94 bits per heavy atom. The van der Waals surface area contributed by atoms with Crippen molar-refractivity contribution >= 4 is 35.7 Å². The van der Waals surface area contributed by atoms with Gasteiger partial charge in [-0.3, -0.25) is 24.0 Å². The molecule has 4 aromatic carbocycles. The van der Waals surface area contributed by atoms with Crippen LogP contribution in [0.25, 0.3) is 17.2 Å². The van der Waals surface area contributed by atoms with Gasteiger partial charge in [-0.15, -0.1) is 0 Å². The van der Waals surface area contributed by atoms with E-state index in [-0.39, 0.29) is 18.6 Å². The molecule has 7 rings (SSSR count). The van der Waals surface area contributed by atoms with Crippen LogP contribution in [0.5, 0.6) is 11.5 Å². The Hall–Kier alpha value is -5.83. The molecule has 0 N–H and O–H groups in total. The van der Waals surface area contributed by atoms with Gasteiger partial charge in [-0.05, 0) is 96.2 Å². The molecule has 2 saturated heterocycles. The molecule has 264 valence electrons. The Bertz CT molecular complexity index is 2000. The number of hydrogen-bond acceptors (Lipinski definition) is 9. The summed E-state index contributed by atoms with van der Waals surface area (Å²) in [6.45, 7) is 1.08. The monoisotopic (exact) mass is 698 g/mol. The van der Waals surface area contributed by atoms with E-state index >= 15 is 0 Å². The van der Waals surface area contributed by atoms with Gasteiger partial charge in [-0.25, -0.2) is 0 Å². The van der Waals surface area contributed by atoms with Gasteiger partial charge in [0.1, 0.15) is 11.5 Å². The maximum absolute atomic E-state index is 12.6. The molecule has 0 amide bonds. The quantitative estimate of drug-likeness (QED) is 0.0430. The Balaban J connectivity index is 0.836. The van der Waals surface area contributed by atoms with E-state index in [1.807, 2.05) is 78.9 Å². The molecule has 2 heterocycles. The van der Waals surface area contributed by atoms with E-state index in [1.54, 1.807) is 30.3 Å². The van der Waals surface area contributed by atoms with Crippen LogP contribution < -0.4 is 9.47 Å². The minimum atomic E-state index is -0.745. The second kappa shape index (κ2) is 15.6. The summed E-state index contributed by atoms with van der Waals surface area (Å²) in [5, 5.41) is 0. The van der Waals surface area contributed by atoms with E-state index in [0.717, 1.165) is 53.7 Å². The fourth-order valence-electron chi connectivity index (χ4n) is 7.28. The first kappa shape index (κ1) is 34.6. The zero-order valence-electron chi connectivity index (χ0n) is 28.5. The van der Waals surface area contributed by atoms with Crippen molar-refractivity contribution in [2.75, 3.05) is 13.2 Å². The molecule has 0 radical (unpaired) electrons. The van der Waals surface area contributed by atoms with E-state index in [9.17, 15) is 24.0 Å². The van der Waals surface area contributed by atoms with Gasteiger partial charge >= 0.3 is 23.9 Å². The molecule has 52 heavy (non-hydrogen) atoms. The minimum Gasteiger partial charge on any atom is -0.494 e. The number of carbonyl (C=O) groups is 5. The van der Waals surface area contributed by atoms with Gasteiger partial charge in [0.15, 0.2) is 5.78 Å². The highest BCUT2D eigenvalue weighted by Crippen LogP contribution is 2.51. The molecule has 4 atom stereocenters. The first-order valence-electron chi connectivity index (χ1n) is 17.7. The first-order valence-corrected chi connectivity index (χ1v) is 17.7. The maximum atomic E-state index is 12.6. The largest absolute Gasteiger partial charge is 0.494 e. The highest BCUT2D eigenvalue weighted by molar-refractivity contribution is 6.06. The van der Waals surface area contributed by atoms with Crippen molar-refractivity contribution in [1.29, 1.82) is 0 Å². The molecular formula is C43H38O9. The highest BCUT2D eigenvalue weighted by Gasteiger charge is 2.53. The van der Waals surface area contributed by atoms with E-state index in [0.29, 0.717) is 30.1 Å². The lowest BCUT2D eigenvalue weighted by atomic mass is 9.67. The van der Waals surface area contributed by atoms with E-state index in [4.69, 9.17) is 18.9 Å². The lowest BCUT2D eigenvalue weighted by Crippen LogP contribution is -2.31. The van der Waals surface area contributed by atoms with Crippen LogP contribution in [0.3, 0.4) is 0 Å². The molecule has 0 spiro atoms. The summed E-state index contributed by atoms with van der Waals surface area (Å²) in [5.74, 6) is -3.56. The van der Waals surface area contributed by atoms with E-state index in [1.165, 1.54) is 0 Å². The number of benzene rings is 4. The topological polar surface area (TPSA) is 122 Å². The molecule has 2 fully saturated rings. The van der Waals surface area contributed by atoms with E-state index < -0.39 is 47.5 Å². The number of allylic oxidation sites excluding steroid dienone is 1. The van der Waals surface area contributed by atoms with Crippen LogP contribution in [0, 0.1) is 11.8 Å². The summed E-state index contributed by atoms with van der Waals surface area (Å²) < 4.78 is 21.7. The van der Waals surface area contributed by atoms with Crippen LogP contribution in [0.1, 0.15) is 77.4 Å². The van der Waals surface area contributed by atoms with Gasteiger partial charge in [-0.2, -0.15) is 0 Å². The van der Waals surface area contributed by atoms with Crippen molar-refractivity contribution < 1.29 is 42.9 Å². The zero-order valence-corrected chi connectivity index (χ0v) is 28.5. The van der Waals surface area contributed by atoms with Crippen LogP contribution in [0.4, 0.5) is 0 Å². The summed E-state index contributed by atoms with van der Waals surface area (Å²) in [6, 6.07) is 30.7. The van der Waals surface area contributed by atoms with Gasteiger partial charge in [0.25, 0.3) is 0 Å². The molecule has 0 aromatic heterocycles. The van der Waals surface area contributed by atoms with Gasteiger partial charge in [0, 0.05) is 5.56 Å². The fourth-order valence-corrected chi connectivity index (χ4v) is 7.28. The highest BCUT2D eigenvalue weighted by atomic mass is 16.6. The predicted molar refractivity (Wildman–Crippen MR) is 191 cm³/mol. The summed E-state index contributed by atoms with van der Waals surface area (Å²) in [7, 11) is 0. The molecule has 9 heteroatoms. The number of fused-ring (bicyclic) bond motifs is 3. The van der Waals surface area contributed by atoms with Crippen LogP contribution in [0.2, 0.25) is 0 Å². The second-order valence-electron chi connectivity index (χ2n) is 13.4. The fraction of sp³-hybridized carbons (Fsp3) is 0.279. The zero-order chi connectivity index (χ0) is 36.0. The van der Waals surface area contributed by atoms with Gasteiger partial charge in [0.05, 0.1) is 37.4 Å². The van der Waals surface area contributed by atoms with Crippen LogP contribution >= 0.6 is 0 Å². The number of carbonyl (C=O) groups excluding carboxylic acids is 5. The third-order valence-electron chi connectivity index (χ3n) is 10.0. The van der Waals surface area contributed by atoms with Crippen molar-refractivity contribution in [3.63, 3.8) is 0 Å². The Labute approximate surface area is 301 Å². The Kier molecular flexibility index (Phi) is 10.4. The van der Waals surface area contributed by atoms with Crippen molar-refractivity contribution in [3.8, 4) is 22.6 Å². The van der Waals surface area contributed by atoms with E-state index in [2.05, 4.69) is 0 Å². The molecule has 1 aliphatic carbocycles. The summed E-state index contributed by atoms with van der Waals surface area (Å²) in [5.41, 5.74) is 5.14. The predicted octanol–water partition coefficient (Wildman–Crippen LogP) is 7.63. The summed E-state index contributed by atoms with van der Waals surface area (Å²) in [4.78, 5) is 61.6. The Morgan fingerprint density at radius 2 is 1.27 bits per heavy atom. The molecule has 0 bridgehead atoms. The third-order valence-corrected chi connectivity index (χ3v) is 10.0. The normalized spacial score (nSPS) is 20.7. The second-order valence-corrected chi connectivity index (χ2v) is 13.4. The number of esters is 4. The summed E-state index contributed by atoms with van der Waals surface area (Å²) >= 11 is 0. The van der Waals surface area contributed by atoms with Crippen LogP contribution in [0.15, 0.2) is 103 Å². The number of ketones is 1. The third kappa shape index (κ3) is 7.73. The van der Waals surface area contributed by atoms with Crippen molar-refractivity contribution in [1.82, 2.24) is 0 Å². The SMILES string of the molecule is O=C1CC(C2CC3C(=O)OC(=O)C3c3cc(OCCCCCCOc4ccc(-c5ccc(C=CC(=O)c6ccccc6)cc5)cc4)ccc32)C(=O)O1. The molecule has 0 saturated carbocycles. The molecule has 4 unspecified atom stereocenters. The average Bonchev–Trinajstić information content (AvgIpc) is 3.66.